The Labute approximate surface area is 189 Å². The Morgan fingerprint density at radius 1 is 0.656 bits per heavy atom. The van der Waals surface area contributed by atoms with Crippen molar-refractivity contribution >= 4 is 23.2 Å². The Bertz CT molecular complexity index is 954. The van der Waals surface area contributed by atoms with E-state index in [1.165, 1.54) is 0 Å². The van der Waals surface area contributed by atoms with Crippen LogP contribution in [0.2, 0.25) is 0 Å². The molecule has 0 fully saturated rings. The zero-order valence-corrected chi connectivity index (χ0v) is 19.1. The van der Waals surface area contributed by atoms with Gasteiger partial charge in [-0.1, -0.05) is 39.8 Å². The summed E-state index contributed by atoms with van der Waals surface area (Å²) in [5, 5.41) is 5.81. The molecule has 1 aromatic heterocycles. The van der Waals surface area contributed by atoms with Crippen molar-refractivity contribution in [1.82, 2.24) is 9.97 Å². The van der Waals surface area contributed by atoms with Crippen LogP contribution >= 0.6 is 0 Å². The van der Waals surface area contributed by atoms with Gasteiger partial charge in [0, 0.05) is 47.7 Å². The summed E-state index contributed by atoms with van der Waals surface area (Å²) in [5.74, 6) is 1.29. The quantitative estimate of drug-likeness (QED) is 0.474. The molecule has 3 rings (SSSR count). The van der Waals surface area contributed by atoms with Crippen LogP contribution in [0, 0.1) is 11.8 Å². The minimum atomic E-state index is 0.0128. The van der Waals surface area contributed by atoms with E-state index in [-0.39, 0.29) is 11.8 Å². The van der Waals surface area contributed by atoms with Gasteiger partial charge in [0.05, 0.1) is 0 Å². The number of hydrogen-bond donors (Lipinski definition) is 2. The average molecular weight is 431 g/mol. The van der Waals surface area contributed by atoms with Crippen LogP contribution in [0.15, 0.2) is 60.9 Å². The van der Waals surface area contributed by atoms with Gasteiger partial charge in [0.25, 0.3) is 0 Å². The van der Waals surface area contributed by atoms with E-state index < -0.39 is 0 Å². The SMILES string of the molecule is CC(C)CC(=O)Nc1ccc(-c2cnc(-c3ccc(NC(=O)CC(C)C)cc3)nc2)cc1. The zero-order chi connectivity index (χ0) is 23.1. The molecule has 0 saturated heterocycles. The van der Waals surface area contributed by atoms with E-state index in [0.29, 0.717) is 30.5 Å². The van der Waals surface area contributed by atoms with Crippen LogP contribution in [0.1, 0.15) is 40.5 Å². The lowest BCUT2D eigenvalue weighted by Crippen LogP contribution is -2.13. The molecule has 6 nitrogen and oxygen atoms in total. The first-order valence-electron chi connectivity index (χ1n) is 10.9. The maximum atomic E-state index is 11.9. The fourth-order valence-electron chi connectivity index (χ4n) is 3.24. The third kappa shape index (κ3) is 6.74. The molecule has 0 atom stereocenters. The molecular formula is C26H30N4O2. The molecule has 2 amide bonds. The second kappa shape index (κ2) is 10.7. The number of carbonyl (C=O) groups excluding carboxylic acids is 2. The maximum absolute atomic E-state index is 11.9. The summed E-state index contributed by atoms with van der Waals surface area (Å²) in [6.07, 6.45) is 4.57. The predicted molar refractivity (Wildman–Crippen MR) is 129 cm³/mol. The van der Waals surface area contributed by atoms with Crippen molar-refractivity contribution in [3.05, 3.63) is 60.9 Å². The molecule has 2 aromatic carbocycles. The summed E-state index contributed by atoms with van der Waals surface area (Å²) in [6, 6.07) is 15.2. The minimum Gasteiger partial charge on any atom is -0.326 e. The lowest BCUT2D eigenvalue weighted by Gasteiger charge is -2.09. The molecule has 0 aliphatic heterocycles. The van der Waals surface area contributed by atoms with E-state index in [9.17, 15) is 9.59 Å². The van der Waals surface area contributed by atoms with Gasteiger partial charge in [-0.15, -0.1) is 0 Å². The number of carbonyl (C=O) groups is 2. The smallest absolute Gasteiger partial charge is 0.224 e. The van der Waals surface area contributed by atoms with Gasteiger partial charge in [0.1, 0.15) is 0 Å². The highest BCUT2D eigenvalue weighted by molar-refractivity contribution is 5.91. The summed E-state index contributed by atoms with van der Waals surface area (Å²) in [4.78, 5) is 32.8. The van der Waals surface area contributed by atoms with Crippen molar-refractivity contribution in [1.29, 1.82) is 0 Å². The summed E-state index contributed by atoms with van der Waals surface area (Å²) in [7, 11) is 0. The third-order valence-corrected chi connectivity index (χ3v) is 4.77. The van der Waals surface area contributed by atoms with Crippen LogP contribution in [0.25, 0.3) is 22.5 Å². The van der Waals surface area contributed by atoms with Gasteiger partial charge in [0.2, 0.25) is 11.8 Å². The molecule has 0 saturated carbocycles. The normalized spacial score (nSPS) is 10.9. The number of anilines is 2. The van der Waals surface area contributed by atoms with Crippen molar-refractivity contribution in [3.63, 3.8) is 0 Å². The second-order valence-electron chi connectivity index (χ2n) is 8.74. The molecule has 1 heterocycles. The van der Waals surface area contributed by atoms with E-state index in [4.69, 9.17) is 0 Å². The van der Waals surface area contributed by atoms with Crippen molar-refractivity contribution < 1.29 is 9.59 Å². The maximum Gasteiger partial charge on any atom is 0.224 e. The van der Waals surface area contributed by atoms with Crippen LogP contribution in [-0.4, -0.2) is 21.8 Å². The molecule has 166 valence electrons. The summed E-state index contributed by atoms with van der Waals surface area (Å²) in [6.45, 7) is 8.08. The monoisotopic (exact) mass is 430 g/mol. The van der Waals surface area contributed by atoms with Gasteiger partial charge >= 0.3 is 0 Å². The largest absolute Gasteiger partial charge is 0.326 e. The number of hydrogen-bond acceptors (Lipinski definition) is 4. The van der Waals surface area contributed by atoms with Gasteiger partial charge in [-0.05, 0) is 53.8 Å². The molecule has 0 spiro atoms. The van der Waals surface area contributed by atoms with E-state index in [1.54, 1.807) is 12.4 Å². The fraction of sp³-hybridized carbons (Fsp3) is 0.308. The summed E-state index contributed by atoms with van der Waals surface area (Å²) in [5.41, 5.74) is 4.28. The highest BCUT2D eigenvalue weighted by Gasteiger charge is 2.08. The van der Waals surface area contributed by atoms with Gasteiger partial charge in [-0.2, -0.15) is 0 Å². The molecule has 0 aliphatic carbocycles. The Balaban J connectivity index is 1.63. The molecule has 3 aromatic rings. The van der Waals surface area contributed by atoms with Crippen molar-refractivity contribution in [3.8, 4) is 22.5 Å². The third-order valence-electron chi connectivity index (χ3n) is 4.77. The molecular weight excluding hydrogens is 400 g/mol. The van der Waals surface area contributed by atoms with E-state index in [1.807, 2.05) is 76.2 Å². The zero-order valence-electron chi connectivity index (χ0n) is 19.1. The van der Waals surface area contributed by atoms with Crippen LogP contribution in [-0.2, 0) is 9.59 Å². The number of amides is 2. The van der Waals surface area contributed by atoms with E-state index >= 15 is 0 Å². The molecule has 0 unspecified atom stereocenters. The molecule has 0 aliphatic rings. The van der Waals surface area contributed by atoms with Crippen LogP contribution in [0.3, 0.4) is 0 Å². The predicted octanol–water partition coefficient (Wildman–Crippen LogP) is 5.78. The van der Waals surface area contributed by atoms with Crippen molar-refractivity contribution in [2.45, 2.75) is 40.5 Å². The second-order valence-corrected chi connectivity index (χ2v) is 8.74. The molecule has 6 heteroatoms. The summed E-state index contributed by atoms with van der Waals surface area (Å²) >= 11 is 0. The van der Waals surface area contributed by atoms with Crippen molar-refractivity contribution in [2.75, 3.05) is 10.6 Å². The Morgan fingerprint density at radius 2 is 1.06 bits per heavy atom. The van der Waals surface area contributed by atoms with Crippen molar-refractivity contribution in [2.24, 2.45) is 11.8 Å². The first kappa shape index (κ1) is 23.1. The lowest BCUT2D eigenvalue weighted by molar-refractivity contribution is -0.117. The number of rotatable bonds is 8. The fourth-order valence-corrected chi connectivity index (χ4v) is 3.24. The lowest BCUT2D eigenvalue weighted by atomic mass is 10.1. The Hall–Kier alpha value is -3.54. The molecule has 32 heavy (non-hydrogen) atoms. The van der Waals surface area contributed by atoms with Gasteiger partial charge in [-0.3, -0.25) is 9.59 Å². The Morgan fingerprint density at radius 3 is 1.47 bits per heavy atom. The summed E-state index contributed by atoms with van der Waals surface area (Å²) < 4.78 is 0. The number of nitrogens with one attached hydrogen (secondary N) is 2. The highest BCUT2D eigenvalue weighted by Crippen LogP contribution is 2.23. The first-order chi connectivity index (χ1) is 15.3. The van der Waals surface area contributed by atoms with Gasteiger partial charge in [0.15, 0.2) is 5.82 Å². The van der Waals surface area contributed by atoms with Gasteiger partial charge in [-0.25, -0.2) is 9.97 Å². The number of benzene rings is 2. The van der Waals surface area contributed by atoms with Crippen LogP contribution in [0.4, 0.5) is 11.4 Å². The topological polar surface area (TPSA) is 84.0 Å². The Kier molecular flexibility index (Phi) is 7.71. The average Bonchev–Trinajstić information content (AvgIpc) is 2.74. The minimum absolute atomic E-state index is 0.0128. The first-order valence-corrected chi connectivity index (χ1v) is 10.9. The number of aromatic nitrogens is 2. The molecule has 2 N–H and O–H groups in total. The number of nitrogens with zero attached hydrogens (tertiary/aromatic N) is 2. The van der Waals surface area contributed by atoms with E-state index in [2.05, 4.69) is 20.6 Å². The van der Waals surface area contributed by atoms with Crippen LogP contribution in [0.5, 0.6) is 0 Å². The van der Waals surface area contributed by atoms with Gasteiger partial charge < -0.3 is 10.6 Å². The highest BCUT2D eigenvalue weighted by atomic mass is 16.2. The van der Waals surface area contributed by atoms with E-state index in [0.717, 1.165) is 28.1 Å². The van der Waals surface area contributed by atoms with Crippen LogP contribution < -0.4 is 10.6 Å². The molecule has 0 radical (unpaired) electrons. The molecule has 0 bridgehead atoms. The standard InChI is InChI=1S/C26H30N4O2/c1-17(2)13-24(31)29-22-9-5-19(6-10-22)21-15-27-26(28-16-21)20-7-11-23(12-8-20)30-25(32)14-18(3)4/h5-12,15-18H,13-14H2,1-4H3,(H,29,31)(H,30,32).